The molecule has 0 heterocycles. The normalized spacial score (nSPS) is 13.8. The first-order valence-electron chi connectivity index (χ1n) is 8.23. The highest BCUT2D eigenvalue weighted by Crippen LogP contribution is 2.21. The minimum atomic E-state index is -1.04. The summed E-state index contributed by atoms with van der Waals surface area (Å²) in [6.07, 6.45) is 0.498. The zero-order valence-corrected chi connectivity index (χ0v) is 17.0. The Morgan fingerprint density at radius 2 is 1.46 bits per heavy atom. The fourth-order valence-corrected chi connectivity index (χ4v) is 4.07. The van der Waals surface area contributed by atoms with Crippen molar-refractivity contribution in [3.8, 4) is 0 Å². The fourth-order valence-electron chi connectivity index (χ4n) is 2.20. The molecule has 0 rings (SSSR count). The molecule has 0 amide bonds. The Bertz CT molecular complexity index is 444. The van der Waals surface area contributed by atoms with Crippen LogP contribution in [-0.2, 0) is 28.6 Å². The van der Waals surface area contributed by atoms with Crippen LogP contribution in [0.5, 0.6) is 0 Å². The summed E-state index contributed by atoms with van der Waals surface area (Å²) in [6, 6.07) is 0.714. The molecular weight excluding hydrogens is 328 g/mol. The molecule has 0 radical (unpaired) electrons. The van der Waals surface area contributed by atoms with Gasteiger partial charge in [-0.1, -0.05) is 27.4 Å². The molecule has 0 saturated carbocycles. The van der Waals surface area contributed by atoms with Gasteiger partial charge in [-0.05, 0) is 31.2 Å². The van der Waals surface area contributed by atoms with E-state index >= 15 is 0 Å². The molecular formula is C17H30O6Si. The van der Waals surface area contributed by atoms with Gasteiger partial charge in [-0.25, -0.2) is 4.79 Å². The van der Waals surface area contributed by atoms with E-state index in [-0.39, 0.29) is 12.0 Å². The van der Waals surface area contributed by atoms with Crippen LogP contribution in [0.3, 0.4) is 0 Å². The molecule has 0 aromatic carbocycles. The van der Waals surface area contributed by atoms with Gasteiger partial charge in [0.05, 0.1) is 0 Å². The highest BCUT2D eigenvalue weighted by atomic mass is 28.2. The Hall–Kier alpha value is -1.63. The number of carbonyl (C=O) groups is 3. The molecule has 0 bridgehead atoms. The first kappa shape index (κ1) is 22.4. The van der Waals surface area contributed by atoms with Crippen molar-refractivity contribution in [1.82, 2.24) is 0 Å². The maximum atomic E-state index is 11.8. The first-order chi connectivity index (χ1) is 11.0. The number of ether oxygens (including phenoxy) is 3. The van der Waals surface area contributed by atoms with Crippen LogP contribution in [-0.4, -0.2) is 39.4 Å². The molecule has 2 unspecified atom stereocenters. The fraction of sp³-hybridized carbons (Fsp3) is 0.706. The predicted octanol–water partition coefficient (Wildman–Crippen LogP) is 2.15. The molecule has 24 heavy (non-hydrogen) atoms. The second kappa shape index (κ2) is 11.0. The van der Waals surface area contributed by atoms with Crippen LogP contribution in [0.1, 0.15) is 48.0 Å². The van der Waals surface area contributed by atoms with Crippen molar-refractivity contribution in [2.45, 2.75) is 66.0 Å². The van der Waals surface area contributed by atoms with E-state index in [1.54, 1.807) is 6.92 Å². The smallest absolute Gasteiger partial charge is 0.333 e. The van der Waals surface area contributed by atoms with E-state index in [0.717, 1.165) is 6.42 Å². The van der Waals surface area contributed by atoms with E-state index in [2.05, 4.69) is 20.4 Å². The lowest BCUT2D eigenvalue weighted by molar-refractivity contribution is -0.171. The molecule has 0 N–H and O–H groups in total. The second-order valence-electron chi connectivity index (χ2n) is 6.56. The average Bonchev–Trinajstić information content (AvgIpc) is 2.41. The average molecular weight is 359 g/mol. The molecule has 0 fully saturated rings. The molecule has 0 aromatic rings. The number of hydrogen-bond donors (Lipinski definition) is 0. The molecule has 0 aromatic heterocycles. The zero-order valence-electron chi connectivity index (χ0n) is 15.6. The van der Waals surface area contributed by atoms with Gasteiger partial charge in [-0.2, -0.15) is 0 Å². The summed E-state index contributed by atoms with van der Waals surface area (Å²) in [5, 5.41) is 0. The van der Waals surface area contributed by atoms with Gasteiger partial charge >= 0.3 is 17.9 Å². The molecule has 0 saturated heterocycles. The Kier molecular flexibility index (Phi) is 10.3. The third kappa shape index (κ3) is 10.2. The van der Waals surface area contributed by atoms with Gasteiger partial charge in [0.25, 0.3) is 0 Å². The molecule has 0 aliphatic heterocycles. The Labute approximate surface area is 146 Å². The molecule has 0 aliphatic carbocycles. The van der Waals surface area contributed by atoms with Crippen LogP contribution in [0.15, 0.2) is 12.2 Å². The standard InChI is InChI=1S/C17H30O6Si/c1-10(2)8-15(23-16(20)11(3)4)12(5)9-24-17(21-13(6)18)22-14(7)19/h10,12,15,17H,3,8-9,24H2,1-2,4-7H3. The van der Waals surface area contributed by atoms with Crippen molar-refractivity contribution >= 4 is 27.4 Å². The number of rotatable bonds is 10. The van der Waals surface area contributed by atoms with E-state index in [1.807, 2.05) is 6.92 Å². The SMILES string of the molecule is C=C(C)C(=O)OC(CC(C)C)C(C)C[SiH2]C(OC(C)=O)OC(C)=O. The van der Waals surface area contributed by atoms with Gasteiger partial charge in [-0.15, -0.1) is 0 Å². The van der Waals surface area contributed by atoms with Gasteiger partial charge in [0, 0.05) is 19.4 Å². The van der Waals surface area contributed by atoms with Gasteiger partial charge in [0.2, 0.25) is 5.91 Å². The van der Waals surface area contributed by atoms with Crippen LogP contribution < -0.4 is 0 Å². The molecule has 7 heteroatoms. The maximum absolute atomic E-state index is 11.8. The van der Waals surface area contributed by atoms with E-state index in [9.17, 15) is 14.4 Å². The summed E-state index contributed by atoms with van der Waals surface area (Å²) in [5.74, 6) is -1.68. The summed E-state index contributed by atoms with van der Waals surface area (Å²) < 4.78 is 15.6. The Morgan fingerprint density at radius 3 is 1.83 bits per heavy atom. The van der Waals surface area contributed by atoms with Gasteiger partial charge in [0.15, 0.2) is 0 Å². The summed E-state index contributed by atoms with van der Waals surface area (Å²) in [5.41, 5.74) is 0.367. The molecule has 6 nitrogen and oxygen atoms in total. The minimum absolute atomic E-state index is 0.0796. The summed E-state index contributed by atoms with van der Waals surface area (Å²) in [7, 11) is -1.04. The number of carbonyl (C=O) groups excluding carboxylic acids is 3. The van der Waals surface area contributed by atoms with E-state index in [1.165, 1.54) is 13.8 Å². The summed E-state index contributed by atoms with van der Waals surface area (Å²) >= 11 is 0. The molecule has 0 aliphatic rings. The monoisotopic (exact) mass is 358 g/mol. The zero-order chi connectivity index (χ0) is 18.9. The van der Waals surface area contributed by atoms with Gasteiger partial charge in [-0.3, -0.25) is 9.59 Å². The number of esters is 3. The van der Waals surface area contributed by atoms with Gasteiger partial charge in [0.1, 0.15) is 15.6 Å². The third-order valence-electron chi connectivity index (χ3n) is 3.40. The largest absolute Gasteiger partial charge is 0.459 e. The summed E-state index contributed by atoms with van der Waals surface area (Å²) in [6.45, 7) is 13.9. The second-order valence-corrected chi connectivity index (χ2v) is 8.38. The number of hydrogen-bond acceptors (Lipinski definition) is 6. The Balaban J connectivity index is 4.78. The van der Waals surface area contributed by atoms with Crippen molar-refractivity contribution in [2.24, 2.45) is 11.8 Å². The Morgan fingerprint density at radius 1 is 0.958 bits per heavy atom. The lowest BCUT2D eigenvalue weighted by Crippen LogP contribution is -2.33. The van der Waals surface area contributed by atoms with Crippen LogP contribution in [0, 0.1) is 11.8 Å². The highest BCUT2D eigenvalue weighted by molar-refractivity contribution is 6.37. The first-order valence-corrected chi connectivity index (χ1v) is 10.1. The van der Waals surface area contributed by atoms with Crippen molar-refractivity contribution in [3.05, 3.63) is 12.2 Å². The minimum Gasteiger partial charge on any atom is -0.459 e. The van der Waals surface area contributed by atoms with Crippen LogP contribution in [0.2, 0.25) is 6.04 Å². The van der Waals surface area contributed by atoms with E-state index in [0.29, 0.717) is 17.5 Å². The molecule has 138 valence electrons. The van der Waals surface area contributed by atoms with Crippen molar-refractivity contribution in [2.75, 3.05) is 0 Å². The summed E-state index contributed by atoms with van der Waals surface area (Å²) in [4.78, 5) is 34.0. The lowest BCUT2D eigenvalue weighted by Gasteiger charge is -2.27. The van der Waals surface area contributed by atoms with Crippen molar-refractivity contribution < 1.29 is 28.6 Å². The quantitative estimate of drug-likeness (QED) is 0.258. The van der Waals surface area contributed by atoms with E-state index in [4.69, 9.17) is 14.2 Å². The maximum Gasteiger partial charge on any atom is 0.333 e. The molecule has 2 atom stereocenters. The third-order valence-corrected chi connectivity index (χ3v) is 5.45. The van der Waals surface area contributed by atoms with Crippen LogP contribution >= 0.6 is 0 Å². The van der Waals surface area contributed by atoms with Gasteiger partial charge < -0.3 is 14.2 Å². The van der Waals surface area contributed by atoms with Crippen molar-refractivity contribution in [1.29, 1.82) is 0 Å². The van der Waals surface area contributed by atoms with Crippen molar-refractivity contribution in [3.63, 3.8) is 0 Å². The van der Waals surface area contributed by atoms with Crippen LogP contribution in [0.25, 0.3) is 0 Å². The predicted molar refractivity (Wildman–Crippen MR) is 94.0 cm³/mol. The van der Waals surface area contributed by atoms with Crippen LogP contribution in [0.4, 0.5) is 0 Å². The highest BCUT2D eigenvalue weighted by Gasteiger charge is 2.25. The lowest BCUT2D eigenvalue weighted by atomic mass is 9.97. The topological polar surface area (TPSA) is 78.9 Å². The molecule has 0 spiro atoms. The van der Waals surface area contributed by atoms with E-state index < -0.39 is 33.3 Å².